The molecule has 1 unspecified atom stereocenters. The van der Waals surface area contributed by atoms with Crippen LogP contribution >= 0.6 is 34.9 Å². The number of hydrogen-bond donors (Lipinski definition) is 2. The largest absolute Gasteiger partial charge is 0.455 e. The van der Waals surface area contributed by atoms with Crippen molar-refractivity contribution in [1.29, 1.82) is 0 Å². The molecule has 1 fully saturated rings. The van der Waals surface area contributed by atoms with E-state index in [9.17, 15) is 19.2 Å². The number of β-lactam (4-membered cyclic amide) rings is 1. The van der Waals surface area contributed by atoms with E-state index in [-0.39, 0.29) is 22.2 Å². The maximum atomic E-state index is 13.1. The molecule has 3 rings (SSSR count). The average molecular weight is 528 g/mol. The van der Waals surface area contributed by atoms with Crippen LogP contribution in [-0.2, 0) is 28.8 Å². The van der Waals surface area contributed by atoms with Crippen LogP contribution in [0.4, 0.5) is 5.13 Å². The fraction of sp³-hybridized carbons (Fsp3) is 0.500. The summed E-state index contributed by atoms with van der Waals surface area (Å²) in [6.07, 6.45) is 2.39. The van der Waals surface area contributed by atoms with Gasteiger partial charge in [0.25, 0.3) is 11.8 Å². The van der Waals surface area contributed by atoms with Gasteiger partial charge in [0.05, 0.1) is 0 Å². The number of nitrogens with zero attached hydrogens (tertiary/aromatic N) is 3. The SMILES string of the molecule is CO/N=C(\C(=O)NC1C(=O)N2C(C(=O)OC(C)(C)C)=C(CSC)CS[C@H]12)c1csc(NC=O)n1. The molecular formula is C20H25N5O6S3. The minimum atomic E-state index is -0.862. The first-order chi connectivity index (χ1) is 16.1. The van der Waals surface area contributed by atoms with Crippen LogP contribution in [0.1, 0.15) is 26.5 Å². The van der Waals surface area contributed by atoms with Gasteiger partial charge in [-0.25, -0.2) is 9.78 Å². The molecule has 2 aliphatic heterocycles. The van der Waals surface area contributed by atoms with Crippen molar-refractivity contribution in [3.05, 3.63) is 22.3 Å². The molecular weight excluding hydrogens is 502 g/mol. The van der Waals surface area contributed by atoms with Crippen molar-refractivity contribution in [2.45, 2.75) is 37.8 Å². The monoisotopic (exact) mass is 527 g/mol. The van der Waals surface area contributed by atoms with Crippen molar-refractivity contribution in [3.63, 3.8) is 0 Å². The summed E-state index contributed by atoms with van der Waals surface area (Å²) in [5.41, 5.74) is 0.395. The lowest BCUT2D eigenvalue weighted by molar-refractivity contribution is -0.158. The van der Waals surface area contributed by atoms with Crippen molar-refractivity contribution in [2.75, 3.05) is 30.2 Å². The van der Waals surface area contributed by atoms with Crippen LogP contribution in [0.3, 0.4) is 0 Å². The van der Waals surface area contributed by atoms with E-state index in [0.717, 1.165) is 16.9 Å². The number of nitrogens with one attached hydrogen (secondary N) is 2. The molecule has 2 N–H and O–H groups in total. The van der Waals surface area contributed by atoms with Crippen LogP contribution in [0.15, 0.2) is 21.8 Å². The molecule has 1 aromatic heterocycles. The van der Waals surface area contributed by atoms with Crippen LogP contribution in [0.25, 0.3) is 0 Å². The number of ether oxygens (including phenoxy) is 1. The topological polar surface area (TPSA) is 139 Å². The molecule has 3 amide bonds. The number of aromatic nitrogens is 1. The van der Waals surface area contributed by atoms with Crippen molar-refractivity contribution < 1.29 is 28.8 Å². The summed E-state index contributed by atoms with van der Waals surface area (Å²) >= 11 is 4.12. The minimum absolute atomic E-state index is 0.143. The number of carbonyl (C=O) groups excluding carboxylic acids is 4. The second-order valence-electron chi connectivity index (χ2n) is 8.17. The predicted molar refractivity (Wildman–Crippen MR) is 132 cm³/mol. The van der Waals surface area contributed by atoms with Gasteiger partial charge >= 0.3 is 5.97 Å². The fourth-order valence-corrected chi connectivity index (χ4v) is 6.01. The number of anilines is 1. The summed E-state index contributed by atoms with van der Waals surface area (Å²) < 4.78 is 5.55. The average Bonchev–Trinajstić information content (AvgIpc) is 3.22. The van der Waals surface area contributed by atoms with Gasteiger partial charge in [0.2, 0.25) is 6.41 Å². The Balaban J connectivity index is 1.80. The first-order valence-electron chi connectivity index (χ1n) is 10.1. The van der Waals surface area contributed by atoms with Gasteiger partial charge in [-0.1, -0.05) is 5.16 Å². The van der Waals surface area contributed by atoms with Crippen LogP contribution in [0, 0.1) is 0 Å². The summed E-state index contributed by atoms with van der Waals surface area (Å²) in [5.74, 6) is -0.522. The zero-order valence-corrected chi connectivity index (χ0v) is 21.7. The molecule has 0 radical (unpaired) electrons. The van der Waals surface area contributed by atoms with E-state index in [4.69, 9.17) is 9.57 Å². The van der Waals surface area contributed by atoms with Crippen molar-refractivity contribution in [2.24, 2.45) is 5.16 Å². The van der Waals surface area contributed by atoms with Gasteiger partial charge in [-0.3, -0.25) is 19.3 Å². The van der Waals surface area contributed by atoms with Gasteiger partial charge in [-0.05, 0) is 32.6 Å². The minimum Gasteiger partial charge on any atom is -0.455 e. The third-order valence-electron chi connectivity index (χ3n) is 4.57. The van der Waals surface area contributed by atoms with E-state index < -0.39 is 34.8 Å². The Bertz CT molecular complexity index is 1050. The normalized spacial score (nSPS) is 20.3. The van der Waals surface area contributed by atoms with E-state index in [0.29, 0.717) is 17.9 Å². The van der Waals surface area contributed by atoms with Crippen LogP contribution in [0.5, 0.6) is 0 Å². The standard InChI is InChI=1S/C20H25N5O6S3/c1-20(2,3)31-18(29)14-10(6-32-5)7-33-17-13(16(28)25(14)17)23-15(27)12(24-30-4)11-8-34-19(22-11)21-9-26/h8-9,13,17H,6-7H2,1-5H3,(H,23,27)(H,21,22,26)/b24-12-/t13?,17-/m1/s1. The molecule has 14 heteroatoms. The van der Waals surface area contributed by atoms with Crippen molar-refractivity contribution in [3.8, 4) is 0 Å². The zero-order chi connectivity index (χ0) is 25.0. The molecule has 1 saturated heterocycles. The highest BCUT2D eigenvalue weighted by Gasteiger charge is 2.54. The quantitative estimate of drug-likeness (QED) is 0.160. The second-order valence-corrected chi connectivity index (χ2v) is 11.0. The molecule has 1 aromatic rings. The Kier molecular flexibility index (Phi) is 8.25. The van der Waals surface area contributed by atoms with Gasteiger partial charge in [0, 0.05) is 16.9 Å². The number of fused-ring (bicyclic) bond motifs is 1. The molecule has 2 atom stereocenters. The summed E-state index contributed by atoms with van der Waals surface area (Å²) in [7, 11) is 1.28. The zero-order valence-electron chi connectivity index (χ0n) is 19.2. The van der Waals surface area contributed by atoms with Gasteiger partial charge in [-0.2, -0.15) is 11.8 Å². The third kappa shape index (κ3) is 5.55. The van der Waals surface area contributed by atoms with Crippen LogP contribution in [-0.4, -0.2) is 81.7 Å². The van der Waals surface area contributed by atoms with Gasteiger partial charge in [0.1, 0.15) is 35.5 Å². The summed E-state index contributed by atoms with van der Waals surface area (Å²) in [6, 6.07) is -0.862. The molecule has 184 valence electrons. The molecule has 0 saturated carbocycles. The highest BCUT2D eigenvalue weighted by Crippen LogP contribution is 2.41. The van der Waals surface area contributed by atoms with E-state index >= 15 is 0 Å². The van der Waals surface area contributed by atoms with E-state index in [1.54, 1.807) is 32.5 Å². The molecule has 0 aromatic carbocycles. The van der Waals surface area contributed by atoms with Crippen LogP contribution in [0.2, 0.25) is 0 Å². The third-order valence-corrected chi connectivity index (χ3v) is 7.32. The van der Waals surface area contributed by atoms with Gasteiger partial charge in [-0.15, -0.1) is 23.1 Å². The Morgan fingerprint density at radius 3 is 2.76 bits per heavy atom. The smallest absolute Gasteiger partial charge is 0.355 e. The van der Waals surface area contributed by atoms with Crippen LogP contribution < -0.4 is 10.6 Å². The summed E-state index contributed by atoms with van der Waals surface area (Å²) in [6.45, 7) is 5.29. The molecule has 2 aliphatic rings. The molecule has 3 heterocycles. The van der Waals surface area contributed by atoms with Gasteiger partial charge < -0.3 is 20.2 Å². The Morgan fingerprint density at radius 2 is 2.15 bits per heavy atom. The lowest BCUT2D eigenvalue weighted by Gasteiger charge is -2.50. The number of amides is 3. The molecule has 0 bridgehead atoms. The number of thiazole rings is 1. The lowest BCUT2D eigenvalue weighted by Crippen LogP contribution is -2.71. The summed E-state index contributed by atoms with van der Waals surface area (Å²) in [5, 5.41) is 10.2. The number of thioether (sulfide) groups is 2. The highest BCUT2D eigenvalue weighted by atomic mass is 32.2. The number of rotatable bonds is 9. The Hall–Kier alpha value is -2.58. The number of hydrogen-bond acceptors (Lipinski definition) is 11. The highest BCUT2D eigenvalue weighted by molar-refractivity contribution is 8.00. The van der Waals surface area contributed by atoms with E-state index in [2.05, 4.69) is 20.8 Å². The van der Waals surface area contributed by atoms with E-state index in [1.807, 2.05) is 6.26 Å². The predicted octanol–water partition coefficient (Wildman–Crippen LogP) is 1.42. The summed E-state index contributed by atoms with van der Waals surface area (Å²) in [4.78, 5) is 59.9. The molecule has 34 heavy (non-hydrogen) atoms. The molecule has 11 nitrogen and oxygen atoms in total. The first-order valence-corrected chi connectivity index (χ1v) is 13.4. The first kappa shape index (κ1) is 26.0. The van der Waals surface area contributed by atoms with Gasteiger partial charge in [0.15, 0.2) is 10.8 Å². The molecule has 0 spiro atoms. The maximum absolute atomic E-state index is 13.1. The fourth-order valence-electron chi connectivity index (χ4n) is 3.29. The Morgan fingerprint density at radius 1 is 1.41 bits per heavy atom. The van der Waals surface area contributed by atoms with Crippen molar-refractivity contribution >= 4 is 69.9 Å². The van der Waals surface area contributed by atoms with E-state index in [1.165, 1.54) is 29.2 Å². The number of carbonyl (C=O) groups is 4. The maximum Gasteiger partial charge on any atom is 0.355 e. The second kappa shape index (κ2) is 10.8. The van der Waals surface area contributed by atoms with Crippen molar-refractivity contribution in [1.82, 2.24) is 15.2 Å². The number of esters is 1. The number of oxime groups is 1. The lowest BCUT2D eigenvalue weighted by atomic mass is 10.0. The Labute approximate surface area is 209 Å². The molecule has 0 aliphatic carbocycles.